The van der Waals surface area contributed by atoms with Gasteiger partial charge in [0.25, 0.3) is 0 Å². The van der Waals surface area contributed by atoms with E-state index in [1.807, 2.05) is 18.4 Å². The van der Waals surface area contributed by atoms with Gasteiger partial charge in [-0.15, -0.1) is 11.3 Å². The van der Waals surface area contributed by atoms with Gasteiger partial charge in [-0.25, -0.2) is 9.18 Å². The highest BCUT2D eigenvalue weighted by atomic mass is 32.1. The zero-order valence-electron chi connectivity index (χ0n) is 8.53. The lowest BCUT2D eigenvalue weighted by atomic mass is 10.0. The quantitative estimate of drug-likeness (QED) is 0.865. The van der Waals surface area contributed by atoms with E-state index in [-0.39, 0.29) is 5.56 Å². The van der Waals surface area contributed by atoms with Crippen LogP contribution in [0.25, 0.3) is 10.4 Å². The van der Waals surface area contributed by atoms with E-state index in [4.69, 9.17) is 5.11 Å². The highest BCUT2D eigenvalue weighted by Crippen LogP contribution is 2.32. The molecule has 0 amide bonds. The maximum atomic E-state index is 13.1. The summed E-state index contributed by atoms with van der Waals surface area (Å²) in [5, 5.41) is 10.9. The molecule has 0 aliphatic rings. The number of carboxylic acids is 1. The first-order valence-electron chi connectivity index (χ1n) is 4.67. The van der Waals surface area contributed by atoms with Gasteiger partial charge < -0.3 is 5.11 Å². The van der Waals surface area contributed by atoms with Crippen molar-refractivity contribution in [2.24, 2.45) is 0 Å². The van der Waals surface area contributed by atoms with Crippen LogP contribution in [-0.2, 0) is 0 Å². The van der Waals surface area contributed by atoms with Crippen molar-refractivity contribution in [3.63, 3.8) is 0 Å². The molecule has 0 aliphatic carbocycles. The molecule has 1 aromatic heterocycles. The predicted octanol–water partition coefficient (Wildman–Crippen LogP) is 3.56. The summed E-state index contributed by atoms with van der Waals surface area (Å²) in [6.07, 6.45) is 0. The molecule has 0 spiro atoms. The number of aromatic carboxylic acids is 1. The van der Waals surface area contributed by atoms with E-state index in [2.05, 4.69) is 0 Å². The minimum Gasteiger partial charge on any atom is -0.478 e. The molecule has 2 nitrogen and oxygen atoms in total. The lowest BCUT2D eigenvalue weighted by Crippen LogP contribution is -1.99. The topological polar surface area (TPSA) is 37.3 Å². The fraction of sp³-hybridized carbons (Fsp3) is 0.0833. The summed E-state index contributed by atoms with van der Waals surface area (Å²) in [5.41, 5.74) is 1.53. The summed E-state index contributed by atoms with van der Waals surface area (Å²) in [5.74, 6) is -1.46. The number of halogens is 1. The van der Waals surface area contributed by atoms with Crippen LogP contribution in [-0.4, -0.2) is 11.1 Å². The first kappa shape index (κ1) is 10.8. The molecule has 0 atom stereocenters. The van der Waals surface area contributed by atoms with Crippen LogP contribution in [0.5, 0.6) is 0 Å². The predicted molar refractivity (Wildman–Crippen MR) is 61.4 cm³/mol. The van der Waals surface area contributed by atoms with Crippen molar-refractivity contribution in [1.29, 1.82) is 0 Å². The molecule has 0 bridgehead atoms. The van der Waals surface area contributed by atoms with E-state index in [9.17, 15) is 9.18 Å². The number of carbonyl (C=O) groups is 1. The Labute approximate surface area is 96.0 Å². The van der Waals surface area contributed by atoms with Crippen LogP contribution in [0.1, 0.15) is 15.9 Å². The van der Waals surface area contributed by atoms with Crippen LogP contribution in [0.2, 0.25) is 0 Å². The van der Waals surface area contributed by atoms with Crippen molar-refractivity contribution < 1.29 is 14.3 Å². The molecule has 0 fully saturated rings. The van der Waals surface area contributed by atoms with Gasteiger partial charge in [-0.2, -0.15) is 0 Å². The fourth-order valence-corrected chi connectivity index (χ4v) is 2.50. The summed E-state index contributed by atoms with van der Waals surface area (Å²) in [6.45, 7) is 1.88. The minimum atomic E-state index is -1.04. The SMILES string of the molecule is Cc1ccsc1-c1cc(F)ccc1C(=O)O. The Morgan fingerprint density at radius 1 is 1.38 bits per heavy atom. The third-order valence-corrected chi connectivity index (χ3v) is 3.37. The summed E-state index contributed by atoms with van der Waals surface area (Å²) >= 11 is 1.41. The average Bonchev–Trinajstić information content (AvgIpc) is 2.63. The zero-order chi connectivity index (χ0) is 11.7. The normalized spacial score (nSPS) is 10.4. The number of benzene rings is 1. The maximum absolute atomic E-state index is 13.1. The van der Waals surface area contributed by atoms with Crippen LogP contribution in [0, 0.1) is 12.7 Å². The van der Waals surface area contributed by atoms with Crippen LogP contribution in [0.3, 0.4) is 0 Å². The molecule has 0 unspecified atom stereocenters. The number of thiophene rings is 1. The van der Waals surface area contributed by atoms with Crippen molar-refractivity contribution in [2.75, 3.05) is 0 Å². The second kappa shape index (κ2) is 4.06. The highest BCUT2D eigenvalue weighted by molar-refractivity contribution is 7.13. The molecule has 0 aliphatic heterocycles. The molecular weight excluding hydrogens is 227 g/mol. The van der Waals surface area contributed by atoms with Crippen molar-refractivity contribution in [1.82, 2.24) is 0 Å². The number of rotatable bonds is 2. The van der Waals surface area contributed by atoms with Gasteiger partial charge in [0.2, 0.25) is 0 Å². The van der Waals surface area contributed by atoms with E-state index in [1.165, 1.54) is 23.5 Å². The van der Waals surface area contributed by atoms with Crippen LogP contribution in [0.15, 0.2) is 29.6 Å². The van der Waals surface area contributed by atoms with Crippen molar-refractivity contribution in [3.05, 3.63) is 46.6 Å². The van der Waals surface area contributed by atoms with Crippen molar-refractivity contribution in [3.8, 4) is 10.4 Å². The third-order valence-electron chi connectivity index (χ3n) is 2.32. The van der Waals surface area contributed by atoms with Gasteiger partial charge in [0.05, 0.1) is 5.56 Å². The molecule has 1 N–H and O–H groups in total. The summed E-state index contributed by atoms with van der Waals surface area (Å²) in [4.78, 5) is 11.8. The van der Waals surface area contributed by atoms with Gasteiger partial charge >= 0.3 is 5.97 Å². The standard InChI is InChI=1S/C12H9FO2S/c1-7-4-5-16-11(7)10-6-8(13)2-3-9(10)12(14)15/h2-6H,1H3,(H,14,15). The molecule has 0 saturated heterocycles. The monoisotopic (exact) mass is 236 g/mol. The van der Waals surface area contributed by atoms with Crippen LogP contribution in [0.4, 0.5) is 4.39 Å². The summed E-state index contributed by atoms with van der Waals surface area (Å²) in [6, 6.07) is 5.61. The molecule has 4 heteroatoms. The maximum Gasteiger partial charge on any atom is 0.336 e. The van der Waals surface area contributed by atoms with Crippen molar-refractivity contribution >= 4 is 17.3 Å². The lowest BCUT2D eigenvalue weighted by molar-refractivity contribution is 0.0697. The molecule has 2 rings (SSSR count). The van der Waals surface area contributed by atoms with Crippen LogP contribution < -0.4 is 0 Å². The molecular formula is C12H9FO2S. The van der Waals surface area contributed by atoms with E-state index >= 15 is 0 Å². The zero-order valence-corrected chi connectivity index (χ0v) is 9.34. The second-order valence-electron chi connectivity index (χ2n) is 3.43. The van der Waals surface area contributed by atoms with E-state index in [0.717, 1.165) is 16.5 Å². The highest BCUT2D eigenvalue weighted by Gasteiger charge is 2.14. The lowest BCUT2D eigenvalue weighted by Gasteiger charge is -2.05. The minimum absolute atomic E-state index is 0.131. The van der Waals surface area contributed by atoms with E-state index < -0.39 is 11.8 Å². The number of hydrogen-bond donors (Lipinski definition) is 1. The third kappa shape index (κ3) is 1.84. The second-order valence-corrected chi connectivity index (χ2v) is 4.34. The van der Waals surface area contributed by atoms with E-state index in [1.54, 1.807) is 0 Å². The molecule has 0 radical (unpaired) electrons. The molecule has 0 saturated carbocycles. The van der Waals surface area contributed by atoms with Gasteiger partial charge in [-0.3, -0.25) is 0 Å². The number of carboxylic acid groups (broad SMARTS) is 1. The first-order chi connectivity index (χ1) is 7.59. The van der Waals surface area contributed by atoms with Gasteiger partial charge in [0.1, 0.15) is 5.82 Å². The Balaban J connectivity index is 2.67. The van der Waals surface area contributed by atoms with Gasteiger partial charge in [0, 0.05) is 10.4 Å². The van der Waals surface area contributed by atoms with Gasteiger partial charge in [0.15, 0.2) is 0 Å². The Morgan fingerprint density at radius 3 is 2.69 bits per heavy atom. The van der Waals surface area contributed by atoms with Crippen molar-refractivity contribution in [2.45, 2.75) is 6.92 Å². The summed E-state index contributed by atoms with van der Waals surface area (Å²) < 4.78 is 13.1. The summed E-state index contributed by atoms with van der Waals surface area (Å²) in [7, 11) is 0. The Kier molecular flexibility index (Phi) is 2.75. The molecule has 1 heterocycles. The average molecular weight is 236 g/mol. The first-order valence-corrected chi connectivity index (χ1v) is 5.55. The number of aryl methyl sites for hydroxylation is 1. The largest absolute Gasteiger partial charge is 0.478 e. The Morgan fingerprint density at radius 2 is 2.12 bits per heavy atom. The fourth-order valence-electron chi connectivity index (χ4n) is 1.54. The van der Waals surface area contributed by atoms with Crippen LogP contribution >= 0.6 is 11.3 Å². The molecule has 82 valence electrons. The van der Waals surface area contributed by atoms with Gasteiger partial charge in [-0.1, -0.05) is 0 Å². The van der Waals surface area contributed by atoms with Gasteiger partial charge in [-0.05, 0) is 42.1 Å². The molecule has 1 aromatic carbocycles. The Hall–Kier alpha value is -1.68. The Bertz CT molecular complexity index is 546. The number of hydrogen-bond acceptors (Lipinski definition) is 2. The molecule has 16 heavy (non-hydrogen) atoms. The molecule has 2 aromatic rings. The smallest absolute Gasteiger partial charge is 0.336 e. The van der Waals surface area contributed by atoms with E-state index in [0.29, 0.717) is 5.56 Å².